The van der Waals surface area contributed by atoms with Crippen LogP contribution in [0.25, 0.3) is 0 Å². The summed E-state index contributed by atoms with van der Waals surface area (Å²) in [5.74, 6) is -0.272. The number of halogens is 2. The second kappa shape index (κ2) is 7.25. The number of nitrogens with one attached hydrogen (secondary N) is 1. The minimum Gasteiger partial charge on any atom is -0.314 e. The Hall–Kier alpha value is -0.600. The monoisotopic (exact) mass is 285 g/mol. The standard InChI is InChI=1S/C16H25ClFN/c1-5-8-16(4,11-19-12(2)3)10-13-6-7-14(18)9-15(13)17/h6-7,9,12,19H,5,8,10-11H2,1-4H3. The SMILES string of the molecule is CCCC(C)(CNC(C)C)Cc1ccc(F)cc1Cl. The van der Waals surface area contributed by atoms with Crippen LogP contribution in [0.15, 0.2) is 18.2 Å². The van der Waals surface area contributed by atoms with Gasteiger partial charge in [0.05, 0.1) is 0 Å². The highest BCUT2D eigenvalue weighted by atomic mass is 35.5. The van der Waals surface area contributed by atoms with Gasteiger partial charge in [-0.2, -0.15) is 0 Å². The van der Waals surface area contributed by atoms with Crippen LogP contribution in [0.1, 0.15) is 46.1 Å². The lowest BCUT2D eigenvalue weighted by molar-refractivity contribution is 0.267. The van der Waals surface area contributed by atoms with Crippen molar-refractivity contribution in [3.8, 4) is 0 Å². The quantitative estimate of drug-likeness (QED) is 0.757. The van der Waals surface area contributed by atoms with Gasteiger partial charge in [0.15, 0.2) is 0 Å². The van der Waals surface area contributed by atoms with E-state index < -0.39 is 0 Å². The van der Waals surface area contributed by atoms with Crippen molar-refractivity contribution in [3.63, 3.8) is 0 Å². The Morgan fingerprint density at radius 2 is 2.05 bits per heavy atom. The van der Waals surface area contributed by atoms with Crippen LogP contribution in [0.2, 0.25) is 5.02 Å². The molecule has 0 aliphatic rings. The van der Waals surface area contributed by atoms with Gasteiger partial charge in [-0.1, -0.05) is 51.8 Å². The molecule has 3 heteroatoms. The molecule has 0 aliphatic carbocycles. The van der Waals surface area contributed by atoms with E-state index in [-0.39, 0.29) is 11.2 Å². The van der Waals surface area contributed by atoms with Crippen LogP contribution in [-0.4, -0.2) is 12.6 Å². The van der Waals surface area contributed by atoms with E-state index in [2.05, 4.69) is 33.0 Å². The molecular weight excluding hydrogens is 261 g/mol. The third-order valence-corrected chi connectivity index (χ3v) is 3.77. The van der Waals surface area contributed by atoms with Crippen LogP contribution >= 0.6 is 11.6 Å². The fourth-order valence-electron chi connectivity index (χ4n) is 2.42. The third-order valence-electron chi connectivity index (χ3n) is 3.42. The maximum Gasteiger partial charge on any atom is 0.124 e. The van der Waals surface area contributed by atoms with Crippen molar-refractivity contribution in [3.05, 3.63) is 34.6 Å². The van der Waals surface area contributed by atoms with Crippen molar-refractivity contribution in [1.29, 1.82) is 0 Å². The van der Waals surface area contributed by atoms with Gasteiger partial charge >= 0.3 is 0 Å². The Morgan fingerprint density at radius 1 is 1.37 bits per heavy atom. The summed E-state index contributed by atoms with van der Waals surface area (Å²) in [6.07, 6.45) is 3.13. The van der Waals surface area contributed by atoms with Crippen molar-refractivity contribution in [2.75, 3.05) is 6.54 Å². The summed E-state index contributed by atoms with van der Waals surface area (Å²) in [5, 5.41) is 4.04. The maximum atomic E-state index is 13.1. The highest BCUT2D eigenvalue weighted by Gasteiger charge is 2.25. The average Bonchev–Trinajstić information content (AvgIpc) is 2.31. The molecule has 108 valence electrons. The average molecular weight is 286 g/mol. The predicted octanol–water partition coefficient (Wildman–Crippen LogP) is 4.83. The van der Waals surface area contributed by atoms with Gasteiger partial charge in [-0.25, -0.2) is 4.39 Å². The molecule has 19 heavy (non-hydrogen) atoms. The van der Waals surface area contributed by atoms with Crippen molar-refractivity contribution >= 4 is 11.6 Å². The molecule has 1 unspecified atom stereocenters. The molecule has 0 saturated carbocycles. The number of hydrogen-bond acceptors (Lipinski definition) is 1. The minimum atomic E-state index is -0.272. The molecule has 0 fully saturated rings. The lowest BCUT2D eigenvalue weighted by atomic mass is 9.79. The smallest absolute Gasteiger partial charge is 0.124 e. The van der Waals surface area contributed by atoms with Crippen LogP contribution in [0.3, 0.4) is 0 Å². The van der Waals surface area contributed by atoms with E-state index in [1.807, 2.05) is 0 Å². The topological polar surface area (TPSA) is 12.0 Å². The fourth-order valence-corrected chi connectivity index (χ4v) is 2.65. The fraction of sp³-hybridized carbons (Fsp3) is 0.625. The van der Waals surface area contributed by atoms with Crippen molar-refractivity contribution in [1.82, 2.24) is 5.32 Å². The normalized spacial score (nSPS) is 14.7. The first kappa shape index (κ1) is 16.5. The Kier molecular flexibility index (Phi) is 6.28. The molecule has 0 saturated heterocycles. The molecule has 1 rings (SSSR count). The highest BCUT2D eigenvalue weighted by molar-refractivity contribution is 6.31. The van der Waals surface area contributed by atoms with Crippen LogP contribution in [0.4, 0.5) is 4.39 Å². The maximum absolute atomic E-state index is 13.1. The van der Waals surface area contributed by atoms with E-state index in [1.54, 1.807) is 6.07 Å². The van der Waals surface area contributed by atoms with Crippen LogP contribution < -0.4 is 5.32 Å². The molecule has 1 aromatic carbocycles. The molecule has 0 radical (unpaired) electrons. The van der Waals surface area contributed by atoms with E-state index in [1.165, 1.54) is 12.1 Å². The molecule has 0 amide bonds. The number of rotatable bonds is 7. The predicted molar refractivity (Wildman–Crippen MR) is 81.3 cm³/mol. The van der Waals surface area contributed by atoms with Gasteiger partial charge in [-0.15, -0.1) is 0 Å². The molecule has 0 aliphatic heterocycles. The summed E-state index contributed by atoms with van der Waals surface area (Å²) in [6, 6.07) is 5.17. The summed E-state index contributed by atoms with van der Waals surface area (Å²) in [7, 11) is 0. The molecule has 0 spiro atoms. The Labute approximate surface area is 121 Å². The zero-order valence-electron chi connectivity index (χ0n) is 12.4. The van der Waals surface area contributed by atoms with Crippen LogP contribution in [0, 0.1) is 11.2 Å². The summed E-state index contributed by atoms with van der Waals surface area (Å²) in [4.78, 5) is 0. The molecule has 0 bridgehead atoms. The number of hydrogen-bond donors (Lipinski definition) is 1. The van der Waals surface area contributed by atoms with E-state index in [9.17, 15) is 4.39 Å². The van der Waals surface area contributed by atoms with E-state index in [4.69, 9.17) is 11.6 Å². The summed E-state index contributed by atoms with van der Waals surface area (Å²) < 4.78 is 13.1. The largest absolute Gasteiger partial charge is 0.314 e. The highest BCUT2D eigenvalue weighted by Crippen LogP contribution is 2.31. The zero-order chi connectivity index (χ0) is 14.5. The summed E-state index contributed by atoms with van der Waals surface area (Å²) >= 11 is 6.14. The Bertz CT molecular complexity index is 406. The lowest BCUT2D eigenvalue weighted by Gasteiger charge is -2.31. The van der Waals surface area contributed by atoms with Gasteiger partial charge in [-0.05, 0) is 36.0 Å². The van der Waals surface area contributed by atoms with Crippen LogP contribution in [-0.2, 0) is 6.42 Å². The van der Waals surface area contributed by atoms with E-state index >= 15 is 0 Å². The van der Waals surface area contributed by atoms with Gasteiger partial charge in [0.25, 0.3) is 0 Å². The molecular formula is C16H25ClFN. The van der Waals surface area contributed by atoms with Gasteiger partial charge < -0.3 is 5.32 Å². The van der Waals surface area contributed by atoms with Crippen molar-refractivity contribution in [2.45, 2.75) is 53.0 Å². The van der Waals surface area contributed by atoms with Gasteiger partial charge in [0.1, 0.15) is 5.82 Å². The third kappa shape index (κ3) is 5.50. The summed E-state index contributed by atoms with van der Waals surface area (Å²) in [5.41, 5.74) is 1.19. The minimum absolute atomic E-state index is 0.153. The van der Waals surface area contributed by atoms with Gasteiger partial charge in [-0.3, -0.25) is 0 Å². The second-order valence-corrected chi connectivity index (χ2v) is 6.42. The van der Waals surface area contributed by atoms with E-state index in [0.717, 1.165) is 31.4 Å². The molecule has 1 atom stereocenters. The first-order valence-electron chi connectivity index (χ1n) is 7.03. The van der Waals surface area contributed by atoms with Gasteiger partial charge in [0.2, 0.25) is 0 Å². The molecule has 0 heterocycles. The summed E-state index contributed by atoms with van der Waals surface area (Å²) in [6.45, 7) is 9.71. The van der Waals surface area contributed by atoms with Crippen molar-refractivity contribution < 1.29 is 4.39 Å². The number of benzene rings is 1. The van der Waals surface area contributed by atoms with E-state index in [0.29, 0.717) is 11.1 Å². The molecule has 1 nitrogen and oxygen atoms in total. The Morgan fingerprint density at radius 3 is 2.58 bits per heavy atom. The van der Waals surface area contributed by atoms with Crippen LogP contribution in [0.5, 0.6) is 0 Å². The van der Waals surface area contributed by atoms with Crippen molar-refractivity contribution in [2.24, 2.45) is 5.41 Å². The lowest BCUT2D eigenvalue weighted by Crippen LogP contribution is -2.37. The Balaban J connectivity index is 2.81. The molecule has 0 aromatic heterocycles. The first-order chi connectivity index (χ1) is 8.86. The molecule has 1 aromatic rings. The van der Waals surface area contributed by atoms with Gasteiger partial charge in [0, 0.05) is 17.6 Å². The first-order valence-corrected chi connectivity index (χ1v) is 7.41. The zero-order valence-corrected chi connectivity index (χ0v) is 13.1. The molecule has 1 N–H and O–H groups in total. The second-order valence-electron chi connectivity index (χ2n) is 6.01.